The maximum Gasteiger partial charge on any atom is 0.410 e. The number of esters is 1. The SMILES string of the molecule is CCC1(C(=O)O)C2=C(C[C@@H](C)N(C(=O)OC(C)(C)C)C2)NN1CC(NC(C)c1ccc(OC(F)F)cc1)C(=O)OC. The van der Waals surface area contributed by atoms with E-state index < -0.39 is 47.9 Å². The molecule has 3 N–H and O–H groups in total. The van der Waals surface area contributed by atoms with Crippen LogP contribution in [-0.4, -0.2) is 83.1 Å². The van der Waals surface area contributed by atoms with Crippen LogP contribution in [-0.2, 0) is 19.1 Å². The number of rotatable bonds is 10. The maximum absolute atomic E-state index is 13.0. The van der Waals surface area contributed by atoms with Crippen molar-refractivity contribution in [1.29, 1.82) is 0 Å². The smallest absolute Gasteiger partial charge is 0.410 e. The molecule has 3 unspecified atom stereocenters. The van der Waals surface area contributed by atoms with Crippen molar-refractivity contribution in [1.82, 2.24) is 20.7 Å². The number of hydrazine groups is 1. The molecule has 0 saturated heterocycles. The molecule has 2 heterocycles. The van der Waals surface area contributed by atoms with Gasteiger partial charge in [-0.1, -0.05) is 19.1 Å². The molecule has 11 nitrogen and oxygen atoms in total. The van der Waals surface area contributed by atoms with E-state index in [1.165, 1.54) is 29.2 Å². The van der Waals surface area contributed by atoms with Crippen molar-refractivity contribution in [3.63, 3.8) is 0 Å². The number of carbonyl (C=O) groups is 3. The van der Waals surface area contributed by atoms with Crippen molar-refractivity contribution in [3.8, 4) is 5.75 Å². The molecule has 13 heteroatoms. The Balaban J connectivity index is 1.86. The van der Waals surface area contributed by atoms with Gasteiger partial charge in [0.15, 0.2) is 5.54 Å². The Morgan fingerprint density at radius 2 is 1.85 bits per heavy atom. The highest BCUT2D eigenvalue weighted by Crippen LogP contribution is 2.41. The van der Waals surface area contributed by atoms with Crippen LogP contribution in [0.4, 0.5) is 13.6 Å². The number of carbonyl (C=O) groups excluding carboxylic acids is 2. The Bertz CT molecular complexity index is 1160. The summed E-state index contributed by atoms with van der Waals surface area (Å²) in [5.74, 6) is -1.73. The first kappa shape index (κ1) is 32.1. The van der Waals surface area contributed by atoms with Crippen molar-refractivity contribution in [2.45, 2.75) is 90.3 Å². The summed E-state index contributed by atoms with van der Waals surface area (Å²) < 4.78 is 40.0. The molecule has 1 amide bonds. The predicted molar refractivity (Wildman–Crippen MR) is 145 cm³/mol. The van der Waals surface area contributed by atoms with E-state index >= 15 is 0 Å². The van der Waals surface area contributed by atoms with Crippen molar-refractivity contribution >= 4 is 18.0 Å². The van der Waals surface area contributed by atoms with Gasteiger partial charge in [-0.05, 0) is 58.7 Å². The molecule has 228 valence electrons. The lowest BCUT2D eigenvalue weighted by molar-refractivity contribution is -0.153. The highest BCUT2D eigenvalue weighted by atomic mass is 19.3. The number of nitrogens with zero attached hydrogens (tertiary/aromatic N) is 2. The van der Waals surface area contributed by atoms with Crippen LogP contribution in [0.1, 0.15) is 66.0 Å². The van der Waals surface area contributed by atoms with Crippen LogP contribution in [0.2, 0.25) is 0 Å². The van der Waals surface area contributed by atoms with Gasteiger partial charge >= 0.3 is 24.6 Å². The molecule has 3 rings (SSSR count). The summed E-state index contributed by atoms with van der Waals surface area (Å²) in [6, 6.07) is 4.33. The Kier molecular flexibility index (Phi) is 9.85. The zero-order valence-electron chi connectivity index (χ0n) is 24.5. The molecular formula is C28H40F2N4O7. The van der Waals surface area contributed by atoms with Gasteiger partial charge in [0.1, 0.15) is 17.4 Å². The highest BCUT2D eigenvalue weighted by molar-refractivity contribution is 5.85. The number of hydrogen-bond donors (Lipinski definition) is 3. The molecule has 0 bridgehead atoms. The maximum atomic E-state index is 13.0. The number of amides is 1. The van der Waals surface area contributed by atoms with Gasteiger partial charge in [0.2, 0.25) is 0 Å². The largest absolute Gasteiger partial charge is 0.480 e. The number of benzene rings is 1. The summed E-state index contributed by atoms with van der Waals surface area (Å²) >= 11 is 0. The van der Waals surface area contributed by atoms with Crippen LogP contribution in [0.15, 0.2) is 35.5 Å². The van der Waals surface area contributed by atoms with Gasteiger partial charge in [-0.2, -0.15) is 8.78 Å². The summed E-state index contributed by atoms with van der Waals surface area (Å²) in [7, 11) is 1.24. The Hall–Kier alpha value is -3.45. The van der Waals surface area contributed by atoms with Crippen LogP contribution >= 0.6 is 0 Å². The molecule has 0 radical (unpaired) electrons. The average molecular weight is 583 g/mol. The first-order valence-corrected chi connectivity index (χ1v) is 13.5. The van der Waals surface area contributed by atoms with E-state index in [9.17, 15) is 28.3 Å². The third kappa shape index (κ3) is 7.07. The van der Waals surface area contributed by atoms with Gasteiger partial charge in [-0.15, -0.1) is 0 Å². The lowest BCUT2D eigenvalue weighted by Crippen LogP contribution is -2.61. The fourth-order valence-corrected chi connectivity index (χ4v) is 5.29. The van der Waals surface area contributed by atoms with Gasteiger partial charge in [0.05, 0.1) is 7.11 Å². The lowest BCUT2D eigenvalue weighted by Gasteiger charge is -2.40. The second-order valence-electron chi connectivity index (χ2n) is 11.3. The molecule has 0 spiro atoms. The average Bonchev–Trinajstić information content (AvgIpc) is 3.18. The van der Waals surface area contributed by atoms with E-state index in [0.717, 1.165) is 0 Å². The number of nitrogens with one attached hydrogen (secondary N) is 2. The number of methoxy groups -OCH3 is 1. The predicted octanol–water partition coefficient (Wildman–Crippen LogP) is 3.82. The number of alkyl halides is 2. The number of aliphatic carboxylic acids is 1. The van der Waals surface area contributed by atoms with Gasteiger partial charge in [0, 0.05) is 42.9 Å². The van der Waals surface area contributed by atoms with Crippen LogP contribution in [0, 0.1) is 0 Å². The third-order valence-electron chi connectivity index (χ3n) is 7.36. The van der Waals surface area contributed by atoms with Gasteiger partial charge in [0.25, 0.3) is 0 Å². The first-order chi connectivity index (χ1) is 19.1. The van der Waals surface area contributed by atoms with Gasteiger partial charge in [-0.3, -0.25) is 10.1 Å². The zero-order valence-corrected chi connectivity index (χ0v) is 24.5. The number of carboxylic acid groups (broad SMARTS) is 1. The standard InChI is InChI=1S/C28H40F2N4O7/c1-8-28(24(36)37)20-14-33(26(38)41-27(4,5)6)16(2)13-21(20)32-34(28)15-22(23(35)39-7)31-17(3)18-9-11-19(12-10-18)40-25(29)30/h9-12,16-17,22,25,31-32H,8,13-15H2,1-7H3,(H,36,37)/t16-,17?,22?,28?/m1/s1. The van der Waals surface area contributed by atoms with E-state index in [2.05, 4.69) is 15.5 Å². The molecule has 0 saturated carbocycles. The lowest BCUT2D eigenvalue weighted by atomic mass is 9.83. The summed E-state index contributed by atoms with van der Waals surface area (Å²) in [6.07, 6.45) is -0.00196. The zero-order chi connectivity index (χ0) is 30.7. The van der Waals surface area contributed by atoms with Crippen molar-refractivity contribution in [2.24, 2.45) is 0 Å². The number of carboxylic acids is 1. The number of ether oxygens (including phenoxy) is 3. The van der Waals surface area contributed by atoms with Crippen LogP contribution in [0.25, 0.3) is 0 Å². The van der Waals surface area contributed by atoms with E-state index in [-0.39, 0.29) is 31.3 Å². The van der Waals surface area contributed by atoms with E-state index in [1.807, 2.05) is 6.92 Å². The quantitative estimate of drug-likeness (QED) is 0.350. The van der Waals surface area contributed by atoms with Crippen molar-refractivity contribution < 1.29 is 42.5 Å². The van der Waals surface area contributed by atoms with Gasteiger partial charge in [-0.25, -0.2) is 14.6 Å². The summed E-state index contributed by atoms with van der Waals surface area (Å²) in [5, 5.41) is 15.2. The molecule has 0 aliphatic carbocycles. The molecule has 1 aromatic carbocycles. The summed E-state index contributed by atoms with van der Waals surface area (Å²) in [4.78, 5) is 40.3. The normalized spacial score (nSPS) is 22.6. The minimum absolute atomic E-state index is 0.00207. The van der Waals surface area contributed by atoms with Crippen LogP contribution < -0.4 is 15.5 Å². The van der Waals surface area contributed by atoms with E-state index in [0.29, 0.717) is 23.3 Å². The van der Waals surface area contributed by atoms with Crippen molar-refractivity contribution in [3.05, 3.63) is 41.1 Å². The Labute approximate surface area is 238 Å². The molecule has 0 fully saturated rings. The van der Waals surface area contributed by atoms with Crippen LogP contribution in [0.3, 0.4) is 0 Å². The molecule has 2 aliphatic rings. The highest BCUT2D eigenvalue weighted by Gasteiger charge is 2.55. The Morgan fingerprint density at radius 1 is 1.22 bits per heavy atom. The minimum atomic E-state index is -2.94. The molecule has 2 aliphatic heterocycles. The summed E-state index contributed by atoms with van der Waals surface area (Å²) in [5.41, 5.74) is 2.87. The van der Waals surface area contributed by atoms with Crippen molar-refractivity contribution in [2.75, 3.05) is 20.2 Å². The fraction of sp³-hybridized carbons (Fsp3) is 0.607. The summed E-state index contributed by atoms with van der Waals surface area (Å²) in [6.45, 7) is 7.71. The van der Waals surface area contributed by atoms with E-state index in [1.54, 1.807) is 46.8 Å². The molecule has 0 aromatic heterocycles. The fourth-order valence-electron chi connectivity index (χ4n) is 5.29. The Morgan fingerprint density at radius 3 is 2.37 bits per heavy atom. The number of halogens is 2. The molecular weight excluding hydrogens is 542 g/mol. The topological polar surface area (TPSA) is 130 Å². The minimum Gasteiger partial charge on any atom is -0.480 e. The monoisotopic (exact) mass is 582 g/mol. The number of hydrogen-bond acceptors (Lipinski definition) is 9. The molecule has 4 atom stereocenters. The van der Waals surface area contributed by atoms with E-state index in [4.69, 9.17) is 9.47 Å². The molecule has 1 aromatic rings. The van der Waals surface area contributed by atoms with Gasteiger partial charge < -0.3 is 29.6 Å². The second kappa shape index (κ2) is 12.6. The van der Waals surface area contributed by atoms with Crippen LogP contribution in [0.5, 0.6) is 5.75 Å². The third-order valence-corrected chi connectivity index (χ3v) is 7.36. The molecule has 41 heavy (non-hydrogen) atoms. The second-order valence-corrected chi connectivity index (χ2v) is 11.3. The first-order valence-electron chi connectivity index (χ1n) is 13.5.